The Kier molecular flexibility index (Phi) is 7.40. The van der Waals surface area contributed by atoms with E-state index in [0.29, 0.717) is 35.8 Å². The van der Waals surface area contributed by atoms with Crippen LogP contribution in [0, 0.1) is 5.82 Å². The number of nitrogens with one attached hydrogen (secondary N) is 1. The van der Waals surface area contributed by atoms with Crippen molar-refractivity contribution in [1.29, 1.82) is 0 Å². The number of hydrogen-bond donors (Lipinski definition) is 1. The van der Waals surface area contributed by atoms with Crippen LogP contribution in [0.5, 0.6) is 0 Å². The molecule has 6 nitrogen and oxygen atoms in total. The van der Waals surface area contributed by atoms with Gasteiger partial charge in [0, 0.05) is 18.1 Å². The van der Waals surface area contributed by atoms with Crippen LogP contribution in [0.4, 0.5) is 4.39 Å². The third-order valence-electron chi connectivity index (χ3n) is 4.14. The number of carbonyl (C=O) groups is 1. The molecule has 0 aliphatic heterocycles. The lowest BCUT2D eigenvalue weighted by Gasteiger charge is -2.13. The van der Waals surface area contributed by atoms with E-state index in [0.717, 1.165) is 10.0 Å². The summed E-state index contributed by atoms with van der Waals surface area (Å²) in [6.45, 7) is 0.991. The number of methoxy groups -OCH3 is 1. The van der Waals surface area contributed by atoms with Crippen LogP contribution >= 0.6 is 27.7 Å². The predicted octanol–water partition coefficient (Wildman–Crippen LogP) is 3.35. The van der Waals surface area contributed by atoms with Gasteiger partial charge in [-0.2, -0.15) is 0 Å². The second-order valence-electron chi connectivity index (χ2n) is 6.20. The maximum atomic E-state index is 12.9. The van der Waals surface area contributed by atoms with E-state index in [2.05, 4.69) is 26.2 Å². The van der Waals surface area contributed by atoms with E-state index in [9.17, 15) is 14.0 Å². The van der Waals surface area contributed by atoms with Crippen molar-refractivity contribution in [3.8, 4) is 0 Å². The molecule has 3 aromatic rings. The Bertz CT molecular complexity index is 1070. The van der Waals surface area contributed by atoms with Gasteiger partial charge >= 0.3 is 0 Å². The van der Waals surface area contributed by atoms with Gasteiger partial charge in [0.1, 0.15) is 5.82 Å². The van der Waals surface area contributed by atoms with Gasteiger partial charge in [-0.05, 0) is 35.9 Å². The Hall–Kier alpha value is -2.23. The lowest BCUT2D eigenvalue weighted by molar-refractivity contribution is -0.118. The van der Waals surface area contributed by atoms with Gasteiger partial charge in [0.05, 0.1) is 29.8 Å². The minimum absolute atomic E-state index is 0.0999. The molecule has 0 atom stereocenters. The zero-order chi connectivity index (χ0) is 20.8. The second-order valence-corrected chi connectivity index (χ2v) is 8.06. The molecule has 0 spiro atoms. The van der Waals surface area contributed by atoms with E-state index in [1.54, 1.807) is 31.4 Å². The lowest BCUT2D eigenvalue weighted by Crippen LogP contribution is -2.27. The maximum Gasteiger partial charge on any atom is 0.262 e. The van der Waals surface area contributed by atoms with Gasteiger partial charge in [-0.3, -0.25) is 14.2 Å². The molecule has 9 heteroatoms. The summed E-state index contributed by atoms with van der Waals surface area (Å²) in [7, 11) is 1.56. The number of aromatic nitrogens is 2. The Balaban J connectivity index is 1.73. The number of rotatable bonds is 8. The molecule has 0 radical (unpaired) electrons. The highest BCUT2D eigenvalue weighted by atomic mass is 79.9. The van der Waals surface area contributed by atoms with Gasteiger partial charge in [-0.1, -0.05) is 39.8 Å². The largest absolute Gasteiger partial charge is 0.383 e. The predicted molar refractivity (Wildman–Crippen MR) is 115 cm³/mol. The van der Waals surface area contributed by atoms with Crippen LogP contribution in [-0.4, -0.2) is 34.9 Å². The molecule has 152 valence electrons. The van der Waals surface area contributed by atoms with Crippen molar-refractivity contribution in [2.24, 2.45) is 0 Å². The molecule has 0 aliphatic carbocycles. The van der Waals surface area contributed by atoms with Crippen LogP contribution in [-0.2, 0) is 22.6 Å². The molecule has 1 heterocycles. The number of benzene rings is 2. The Labute approximate surface area is 179 Å². The van der Waals surface area contributed by atoms with Crippen molar-refractivity contribution >= 4 is 44.5 Å². The second kappa shape index (κ2) is 10.00. The van der Waals surface area contributed by atoms with Gasteiger partial charge < -0.3 is 10.1 Å². The van der Waals surface area contributed by atoms with Crippen molar-refractivity contribution in [1.82, 2.24) is 14.9 Å². The summed E-state index contributed by atoms with van der Waals surface area (Å²) in [5.74, 6) is -0.426. The highest BCUT2D eigenvalue weighted by Gasteiger charge is 2.13. The molecular formula is C20H19BrFN3O3S. The number of halogens is 2. The molecule has 0 saturated carbocycles. The first-order valence-electron chi connectivity index (χ1n) is 8.81. The topological polar surface area (TPSA) is 73.2 Å². The highest BCUT2D eigenvalue weighted by Crippen LogP contribution is 2.20. The summed E-state index contributed by atoms with van der Waals surface area (Å²) >= 11 is 4.56. The van der Waals surface area contributed by atoms with E-state index in [-0.39, 0.29) is 23.0 Å². The molecule has 0 fully saturated rings. The van der Waals surface area contributed by atoms with E-state index in [4.69, 9.17) is 4.74 Å². The summed E-state index contributed by atoms with van der Waals surface area (Å²) in [5, 5.41) is 3.74. The van der Waals surface area contributed by atoms with Crippen LogP contribution in [0.1, 0.15) is 5.56 Å². The van der Waals surface area contributed by atoms with Crippen molar-refractivity contribution in [2.75, 3.05) is 19.5 Å². The zero-order valence-electron chi connectivity index (χ0n) is 15.7. The van der Waals surface area contributed by atoms with Crippen LogP contribution in [0.2, 0.25) is 0 Å². The van der Waals surface area contributed by atoms with Crippen molar-refractivity contribution in [3.05, 3.63) is 68.7 Å². The molecule has 0 bridgehead atoms. The summed E-state index contributed by atoms with van der Waals surface area (Å²) in [6, 6.07) is 11.3. The monoisotopic (exact) mass is 479 g/mol. The van der Waals surface area contributed by atoms with Gasteiger partial charge in [-0.25, -0.2) is 9.37 Å². The van der Waals surface area contributed by atoms with E-state index >= 15 is 0 Å². The van der Waals surface area contributed by atoms with E-state index in [1.807, 2.05) is 6.07 Å². The lowest BCUT2D eigenvalue weighted by atomic mass is 10.2. The molecular weight excluding hydrogens is 461 g/mol. The van der Waals surface area contributed by atoms with Crippen LogP contribution in [0.15, 0.2) is 56.9 Å². The zero-order valence-corrected chi connectivity index (χ0v) is 18.1. The van der Waals surface area contributed by atoms with Gasteiger partial charge in [0.2, 0.25) is 5.91 Å². The molecule has 1 N–H and O–H groups in total. The fourth-order valence-corrected chi connectivity index (χ4v) is 3.86. The summed E-state index contributed by atoms with van der Waals surface area (Å²) in [5.41, 5.74) is 1.19. The van der Waals surface area contributed by atoms with E-state index in [1.165, 1.54) is 28.5 Å². The summed E-state index contributed by atoms with van der Waals surface area (Å²) < 4.78 is 20.4. The number of nitrogens with zero attached hydrogens (tertiary/aromatic N) is 2. The normalized spacial score (nSPS) is 11.0. The molecule has 1 amide bonds. The number of carbonyl (C=O) groups excluding carboxylic acids is 1. The van der Waals surface area contributed by atoms with E-state index < -0.39 is 0 Å². The summed E-state index contributed by atoms with van der Waals surface area (Å²) in [4.78, 5) is 29.7. The number of fused-ring (bicyclic) bond motifs is 1. The Morgan fingerprint density at radius 1 is 1.28 bits per heavy atom. The molecule has 3 rings (SSSR count). The van der Waals surface area contributed by atoms with Crippen molar-refractivity contribution < 1.29 is 13.9 Å². The fraction of sp³-hybridized carbons (Fsp3) is 0.250. The number of amides is 1. The standard InChI is InChI=1S/C20H19BrFN3O3S/c1-28-9-8-25-19(27)16-10-14(21)4-7-17(16)24-20(25)29-12-18(26)23-11-13-2-5-15(22)6-3-13/h2-7,10H,8-9,11-12H2,1H3,(H,23,26). The summed E-state index contributed by atoms with van der Waals surface area (Å²) in [6.07, 6.45) is 0. The van der Waals surface area contributed by atoms with Crippen LogP contribution in [0.3, 0.4) is 0 Å². The van der Waals surface area contributed by atoms with Crippen LogP contribution < -0.4 is 10.9 Å². The molecule has 0 aliphatic rings. The average Bonchev–Trinajstić information content (AvgIpc) is 2.72. The average molecular weight is 480 g/mol. The van der Waals surface area contributed by atoms with Gasteiger partial charge in [0.15, 0.2) is 5.16 Å². The Morgan fingerprint density at radius 2 is 2.03 bits per heavy atom. The fourth-order valence-electron chi connectivity index (χ4n) is 2.65. The van der Waals surface area contributed by atoms with Crippen molar-refractivity contribution in [3.63, 3.8) is 0 Å². The molecule has 0 unspecified atom stereocenters. The quantitative estimate of drug-likeness (QED) is 0.396. The number of ether oxygens (including phenoxy) is 1. The Morgan fingerprint density at radius 3 is 2.76 bits per heavy atom. The minimum Gasteiger partial charge on any atom is -0.383 e. The molecule has 2 aromatic carbocycles. The molecule has 0 saturated heterocycles. The first-order chi connectivity index (χ1) is 14.0. The first kappa shape index (κ1) is 21.5. The smallest absolute Gasteiger partial charge is 0.262 e. The molecule has 29 heavy (non-hydrogen) atoms. The van der Waals surface area contributed by atoms with Crippen molar-refractivity contribution in [2.45, 2.75) is 18.2 Å². The molecule has 1 aromatic heterocycles. The third-order valence-corrected chi connectivity index (χ3v) is 5.61. The SMILES string of the molecule is COCCn1c(SCC(=O)NCc2ccc(F)cc2)nc2ccc(Br)cc2c1=O. The third kappa shape index (κ3) is 5.65. The van der Waals surface area contributed by atoms with Crippen LogP contribution in [0.25, 0.3) is 10.9 Å². The highest BCUT2D eigenvalue weighted by molar-refractivity contribution is 9.10. The number of hydrogen-bond acceptors (Lipinski definition) is 5. The minimum atomic E-state index is -0.320. The van der Waals surface area contributed by atoms with Gasteiger partial charge in [-0.15, -0.1) is 0 Å². The number of thioether (sulfide) groups is 1. The maximum absolute atomic E-state index is 12.9. The first-order valence-corrected chi connectivity index (χ1v) is 10.6. The van der Waals surface area contributed by atoms with Gasteiger partial charge in [0.25, 0.3) is 5.56 Å².